The van der Waals surface area contributed by atoms with Gasteiger partial charge in [-0.1, -0.05) is 11.2 Å². The minimum atomic E-state index is -0.546. The van der Waals surface area contributed by atoms with Gasteiger partial charge in [-0.2, -0.15) is 0 Å². The van der Waals surface area contributed by atoms with Crippen LogP contribution in [0.1, 0.15) is 30.7 Å². The predicted molar refractivity (Wildman–Crippen MR) is 119 cm³/mol. The molecule has 1 aliphatic rings. The van der Waals surface area contributed by atoms with E-state index < -0.39 is 6.04 Å². The predicted octanol–water partition coefficient (Wildman–Crippen LogP) is 4.53. The van der Waals surface area contributed by atoms with Crippen molar-refractivity contribution < 1.29 is 14.1 Å². The van der Waals surface area contributed by atoms with E-state index in [1.165, 1.54) is 11.3 Å². The Morgan fingerprint density at radius 3 is 2.83 bits per heavy atom. The van der Waals surface area contributed by atoms with E-state index in [9.17, 15) is 9.59 Å². The largest absolute Gasteiger partial charge is 0.361 e. The number of amides is 2. The van der Waals surface area contributed by atoms with Crippen molar-refractivity contribution in [2.75, 3.05) is 10.6 Å². The molecule has 3 heterocycles. The smallest absolute Gasteiger partial charge is 0.247 e. The fourth-order valence-corrected chi connectivity index (χ4v) is 4.61. The molecule has 1 aromatic carbocycles. The fraction of sp³-hybridized carbons (Fsp3) is 0.300. The highest BCUT2D eigenvalue weighted by Gasteiger charge is 2.25. The summed E-state index contributed by atoms with van der Waals surface area (Å²) in [6.45, 7) is 3.73. The highest BCUT2D eigenvalue weighted by molar-refractivity contribution is 9.10. The lowest BCUT2D eigenvalue weighted by Crippen LogP contribution is -2.46. The molecule has 2 aromatic heterocycles. The molecule has 0 spiro atoms. The van der Waals surface area contributed by atoms with Crippen molar-refractivity contribution in [3.05, 3.63) is 39.6 Å². The van der Waals surface area contributed by atoms with Crippen LogP contribution in [0.2, 0.25) is 0 Å². The van der Waals surface area contributed by atoms with Crippen LogP contribution < -0.4 is 16.0 Å². The summed E-state index contributed by atoms with van der Waals surface area (Å²) in [5, 5.41) is 15.6. The number of carbonyl (C=O) groups excluding carboxylic acids is 2. The third-order valence-electron chi connectivity index (χ3n) is 4.87. The summed E-state index contributed by atoms with van der Waals surface area (Å²) in [7, 11) is 0. The van der Waals surface area contributed by atoms with Gasteiger partial charge in [0, 0.05) is 17.4 Å². The number of aromatic nitrogens is 2. The van der Waals surface area contributed by atoms with Gasteiger partial charge in [-0.25, -0.2) is 4.98 Å². The minimum Gasteiger partial charge on any atom is -0.361 e. The Morgan fingerprint density at radius 1 is 1.33 bits per heavy atom. The van der Waals surface area contributed by atoms with Gasteiger partial charge in [0.15, 0.2) is 5.13 Å². The maximum absolute atomic E-state index is 12.8. The molecule has 0 aliphatic carbocycles. The van der Waals surface area contributed by atoms with Crippen molar-refractivity contribution in [2.24, 2.45) is 0 Å². The van der Waals surface area contributed by atoms with Crippen LogP contribution in [0.4, 0.5) is 16.5 Å². The molecule has 10 heteroatoms. The lowest BCUT2D eigenvalue weighted by Gasteiger charge is -2.23. The second-order valence-corrected chi connectivity index (χ2v) is 8.73. The molecule has 2 amide bonds. The summed E-state index contributed by atoms with van der Waals surface area (Å²) in [6.07, 6.45) is 1.77. The Labute approximate surface area is 185 Å². The molecule has 8 nitrogen and oxygen atoms in total. The molecular weight excluding hydrogens is 470 g/mol. The molecule has 1 atom stereocenters. The van der Waals surface area contributed by atoms with Gasteiger partial charge in [-0.05, 0) is 60.3 Å². The third kappa shape index (κ3) is 4.39. The maximum atomic E-state index is 12.8. The van der Waals surface area contributed by atoms with Crippen molar-refractivity contribution in [2.45, 2.75) is 39.2 Å². The molecular formula is C20H20BrN5O3S. The SMILES string of the molecule is Cc1noc(C)c1-c1ccc(Nc2nc(Br)cs2)c(NC(=O)[C@@H]2CCCC(=O)N2)c1. The number of anilines is 3. The van der Waals surface area contributed by atoms with E-state index in [0.717, 1.165) is 21.4 Å². The van der Waals surface area contributed by atoms with Crippen LogP contribution >= 0.6 is 27.3 Å². The van der Waals surface area contributed by atoms with E-state index >= 15 is 0 Å². The van der Waals surface area contributed by atoms with Crippen molar-refractivity contribution in [1.29, 1.82) is 0 Å². The van der Waals surface area contributed by atoms with Crippen LogP contribution in [0.25, 0.3) is 11.1 Å². The maximum Gasteiger partial charge on any atom is 0.247 e. The van der Waals surface area contributed by atoms with E-state index in [-0.39, 0.29) is 11.8 Å². The molecule has 1 saturated heterocycles. The first-order valence-corrected chi connectivity index (χ1v) is 11.1. The van der Waals surface area contributed by atoms with E-state index in [0.29, 0.717) is 41.5 Å². The zero-order valence-electron chi connectivity index (χ0n) is 16.4. The molecule has 30 heavy (non-hydrogen) atoms. The average Bonchev–Trinajstić information content (AvgIpc) is 3.27. The molecule has 0 unspecified atom stereocenters. The van der Waals surface area contributed by atoms with E-state index in [4.69, 9.17) is 4.52 Å². The number of aryl methyl sites for hydroxylation is 2. The number of hydrogen-bond acceptors (Lipinski definition) is 7. The molecule has 1 fully saturated rings. The third-order valence-corrected chi connectivity index (χ3v) is 6.33. The monoisotopic (exact) mass is 489 g/mol. The highest BCUT2D eigenvalue weighted by atomic mass is 79.9. The zero-order chi connectivity index (χ0) is 21.3. The Morgan fingerprint density at radius 2 is 2.17 bits per heavy atom. The van der Waals surface area contributed by atoms with Crippen LogP contribution in [0.3, 0.4) is 0 Å². The van der Waals surface area contributed by atoms with Crippen LogP contribution in [-0.2, 0) is 9.59 Å². The Hall–Kier alpha value is -2.72. The summed E-state index contributed by atoms with van der Waals surface area (Å²) >= 11 is 4.79. The quantitative estimate of drug-likeness (QED) is 0.485. The van der Waals surface area contributed by atoms with Crippen LogP contribution in [0.5, 0.6) is 0 Å². The first-order valence-electron chi connectivity index (χ1n) is 9.46. The summed E-state index contributed by atoms with van der Waals surface area (Å²) < 4.78 is 6.03. The average molecular weight is 490 g/mol. The number of rotatable bonds is 5. The Bertz CT molecular complexity index is 1090. The number of halogens is 1. The van der Waals surface area contributed by atoms with Crippen molar-refractivity contribution in [1.82, 2.24) is 15.5 Å². The van der Waals surface area contributed by atoms with Gasteiger partial charge in [0.25, 0.3) is 0 Å². The van der Waals surface area contributed by atoms with Gasteiger partial charge in [-0.3, -0.25) is 9.59 Å². The second-order valence-electron chi connectivity index (χ2n) is 7.06. The number of piperidine rings is 1. The van der Waals surface area contributed by atoms with E-state index in [1.807, 2.05) is 37.4 Å². The molecule has 0 bridgehead atoms. The first-order chi connectivity index (χ1) is 14.4. The van der Waals surface area contributed by atoms with Crippen molar-refractivity contribution in [3.8, 4) is 11.1 Å². The first kappa shape index (κ1) is 20.5. The summed E-state index contributed by atoms with van der Waals surface area (Å²) in [4.78, 5) is 28.9. The van der Waals surface area contributed by atoms with Crippen molar-refractivity contribution in [3.63, 3.8) is 0 Å². The topological polar surface area (TPSA) is 109 Å². The lowest BCUT2D eigenvalue weighted by molar-refractivity contribution is -0.128. The van der Waals surface area contributed by atoms with Gasteiger partial charge in [0.05, 0.1) is 17.1 Å². The van der Waals surface area contributed by atoms with Gasteiger partial charge < -0.3 is 20.5 Å². The second kappa shape index (κ2) is 8.57. The van der Waals surface area contributed by atoms with Gasteiger partial charge in [-0.15, -0.1) is 11.3 Å². The molecule has 3 N–H and O–H groups in total. The molecule has 4 rings (SSSR count). The molecule has 0 saturated carbocycles. The minimum absolute atomic E-state index is 0.100. The fourth-order valence-electron chi connectivity index (χ4n) is 3.46. The Balaban J connectivity index is 1.67. The van der Waals surface area contributed by atoms with Gasteiger partial charge in [0.1, 0.15) is 16.4 Å². The molecule has 156 valence electrons. The highest BCUT2D eigenvalue weighted by Crippen LogP contribution is 2.35. The van der Waals surface area contributed by atoms with Crippen LogP contribution in [0.15, 0.2) is 32.7 Å². The number of thiazole rings is 1. The molecule has 1 aliphatic heterocycles. The number of hydrogen-bond donors (Lipinski definition) is 3. The number of benzene rings is 1. The Kier molecular flexibility index (Phi) is 5.87. The zero-order valence-corrected chi connectivity index (χ0v) is 18.8. The van der Waals surface area contributed by atoms with Crippen LogP contribution in [0, 0.1) is 13.8 Å². The van der Waals surface area contributed by atoms with Crippen molar-refractivity contribution >= 4 is 55.6 Å². The lowest BCUT2D eigenvalue weighted by atomic mass is 10.0. The van der Waals surface area contributed by atoms with E-state index in [2.05, 4.69) is 42.0 Å². The number of carbonyl (C=O) groups is 2. The standard InChI is InChI=1S/C20H20BrN5O3S/c1-10-18(11(2)29-26-10)12-6-7-13(24-20-25-16(21)9-30-20)15(8-12)23-19(28)14-4-3-5-17(27)22-14/h6-9,14H,3-5H2,1-2H3,(H,22,27)(H,23,28)(H,24,25)/t14-/m0/s1. The normalized spacial score (nSPS) is 16.2. The number of nitrogens with zero attached hydrogens (tertiary/aromatic N) is 2. The van der Waals surface area contributed by atoms with E-state index in [1.54, 1.807) is 0 Å². The van der Waals surface area contributed by atoms with Gasteiger partial charge in [0.2, 0.25) is 11.8 Å². The molecule has 0 radical (unpaired) electrons. The summed E-state index contributed by atoms with van der Waals surface area (Å²) in [5.41, 5.74) is 3.82. The van der Waals surface area contributed by atoms with Gasteiger partial charge >= 0.3 is 0 Å². The van der Waals surface area contributed by atoms with Crippen LogP contribution in [-0.4, -0.2) is 28.0 Å². The molecule has 3 aromatic rings. The summed E-state index contributed by atoms with van der Waals surface area (Å²) in [6, 6.07) is 5.15. The number of nitrogens with one attached hydrogen (secondary N) is 3. The summed E-state index contributed by atoms with van der Waals surface area (Å²) in [5.74, 6) is 0.355.